The van der Waals surface area contributed by atoms with Crippen molar-refractivity contribution in [2.24, 2.45) is 0 Å². The molecule has 0 aliphatic carbocycles. The summed E-state index contributed by atoms with van der Waals surface area (Å²) in [5.41, 5.74) is 1.82. The van der Waals surface area contributed by atoms with E-state index in [1.54, 1.807) is 0 Å². The van der Waals surface area contributed by atoms with Crippen LogP contribution < -0.4 is 10.6 Å². The third-order valence-corrected chi connectivity index (χ3v) is 2.86. The minimum atomic E-state index is -0.0288. The highest BCUT2D eigenvalue weighted by Crippen LogP contribution is 2.09. The van der Waals surface area contributed by atoms with E-state index in [4.69, 9.17) is 4.74 Å². The molecule has 0 fully saturated rings. The van der Waals surface area contributed by atoms with Gasteiger partial charge in [0.15, 0.2) is 0 Å². The Labute approximate surface area is 115 Å². The van der Waals surface area contributed by atoms with E-state index in [1.165, 1.54) is 0 Å². The summed E-state index contributed by atoms with van der Waals surface area (Å²) >= 11 is 0. The van der Waals surface area contributed by atoms with E-state index in [9.17, 15) is 4.79 Å². The number of nitrogens with one attached hydrogen (secondary N) is 2. The Morgan fingerprint density at radius 2 is 2.11 bits per heavy atom. The molecule has 0 radical (unpaired) electrons. The van der Waals surface area contributed by atoms with Crippen molar-refractivity contribution in [3.05, 3.63) is 35.4 Å². The number of carbonyl (C=O) groups excluding carboxylic acids is 1. The molecule has 0 saturated carbocycles. The quantitative estimate of drug-likeness (QED) is 0.750. The normalized spacial score (nSPS) is 12.2. The standard InChI is InChI=1S/C15H24N2O2/c1-4-19-11-12(2)17-15(18)14-8-6-5-7-13(14)9-10-16-3/h5-8,12,16H,4,9-11H2,1-3H3,(H,17,18). The molecule has 1 aromatic carbocycles. The van der Waals surface area contributed by atoms with Crippen LogP contribution in [0.25, 0.3) is 0 Å². The Balaban J connectivity index is 2.65. The first kappa shape index (κ1) is 15.7. The molecule has 4 nitrogen and oxygen atoms in total. The number of rotatable bonds is 8. The number of hydrogen-bond acceptors (Lipinski definition) is 3. The maximum atomic E-state index is 12.2. The van der Waals surface area contributed by atoms with Crippen LogP contribution in [0, 0.1) is 0 Å². The van der Waals surface area contributed by atoms with Gasteiger partial charge in [-0.2, -0.15) is 0 Å². The van der Waals surface area contributed by atoms with Gasteiger partial charge in [-0.3, -0.25) is 4.79 Å². The predicted molar refractivity (Wildman–Crippen MR) is 77.5 cm³/mol. The fourth-order valence-electron chi connectivity index (χ4n) is 1.86. The van der Waals surface area contributed by atoms with Gasteiger partial charge in [-0.05, 0) is 45.5 Å². The van der Waals surface area contributed by atoms with Crippen molar-refractivity contribution >= 4 is 5.91 Å². The number of carbonyl (C=O) groups is 1. The highest BCUT2D eigenvalue weighted by Gasteiger charge is 2.13. The first-order valence-corrected chi connectivity index (χ1v) is 6.80. The van der Waals surface area contributed by atoms with Crippen molar-refractivity contribution < 1.29 is 9.53 Å². The van der Waals surface area contributed by atoms with Crippen LogP contribution in [-0.2, 0) is 11.2 Å². The Morgan fingerprint density at radius 3 is 2.79 bits per heavy atom. The average molecular weight is 264 g/mol. The number of hydrogen-bond donors (Lipinski definition) is 2. The van der Waals surface area contributed by atoms with Gasteiger partial charge >= 0.3 is 0 Å². The van der Waals surface area contributed by atoms with E-state index in [2.05, 4.69) is 10.6 Å². The second-order valence-corrected chi connectivity index (χ2v) is 4.54. The zero-order valence-electron chi connectivity index (χ0n) is 12.0. The Hall–Kier alpha value is -1.39. The number of benzene rings is 1. The first-order chi connectivity index (χ1) is 9.19. The van der Waals surface area contributed by atoms with Crippen LogP contribution in [0.1, 0.15) is 29.8 Å². The molecule has 1 amide bonds. The molecule has 0 saturated heterocycles. The molecular weight excluding hydrogens is 240 g/mol. The zero-order chi connectivity index (χ0) is 14.1. The monoisotopic (exact) mass is 264 g/mol. The predicted octanol–water partition coefficient (Wildman–Crippen LogP) is 1.60. The molecule has 0 aliphatic heterocycles. The maximum absolute atomic E-state index is 12.2. The van der Waals surface area contributed by atoms with Crippen LogP contribution in [0.3, 0.4) is 0 Å². The molecule has 0 heterocycles. The summed E-state index contributed by atoms with van der Waals surface area (Å²) in [6.07, 6.45) is 0.847. The highest BCUT2D eigenvalue weighted by atomic mass is 16.5. The van der Waals surface area contributed by atoms with Crippen molar-refractivity contribution in [3.63, 3.8) is 0 Å². The van der Waals surface area contributed by atoms with Crippen LogP contribution in [0.4, 0.5) is 0 Å². The van der Waals surface area contributed by atoms with Crippen LogP contribution in [0.5, 0.6) is 0 Å². The molecular formula is C15H24N2O2. The summed E-state index contributed by atoms with van der Waals surface area (Å²) in [7, 11) is 1.91. The summed E-state index contributed by atoms with van der Waals surface area (Å²) in [6, 6.07) is 7.74. The van der Waals surface area contributed by atoms with Crippen molar-refractivity contribution in [2.45, 2.75) is 26.3 Å². The van der Waals surface area contributed by atoms with Gasteiger partial charge in [-0.1, -0.05) is 18.2 Å². The Kier molecular flexibility index (Phi) is 7.15. The Morgan fingerprint density at radius 1 is 1.37 bits per heavy atom. The van der Waals surface area contributed by atoms with Crippen molar-refractivity contribution in [2.75, 3.05) is 26.8 Å². The van der Waals surface area contributed by atoms with Gasteiger partial charge in [0.2, 0.25) is 0 Å². The average Bonchev–Trinajstić information content (AvgIpc) is 2.43. The number of likely N-dealkylation sites (N-methyl/N-ethyl adjacent to an activating group) is 1. The summed E-state index contributed by atoms with van der Waals surface area (Å²) in [4.78, 5) is 12.2. The Bertz CT molecular complexity index is 393. The van der Waals surface area contributed by atoms with E-state index >= 15 is 0 Å². The molecule has 1 unspecified atom stereocenters. The summed E-state index contributed by atoms with van der Waals surface area (Å²) in [5, 5.41) is 6.06. The molecule has 0 aromatic heterocycles. The highest BCUT2D eigenvalue weighted by molar-refractivity contribution is 5.95. The molecule has 106 valence electrons. The van der Waals surface area contributed by atoms with Crippen molar-refractivity contribution in [1.82, 2.24) is 10.6 Å². The topological polar surface area (TPSA) is 50.4 Å². The summed E-state index contributed by atoms with van der Waals surface area (Å²) in [6.45, 7) is 5.96. The second-order valence-electron chi connectivity index (χ2n) is 4.54. The van der Waals surface area contributed by atoms with Crippen LogP contribution in [0.2, 0.25) is 0 Å². The third-order valence-electron chi connectivity index (χ3n) is 2.86. The van der Waals surface area contributed by atoms with Gasteiger partial charge in [0, 0.05) is 18.2 Å². The first-order valence-electron chi connectivity index (χ1n) is 6.80. The van der Waals surface area contributed by atoms with Gasteiger partial charge in [0.25, 0.3) is 5.91 Å². The number of ether oxygens (including phenoxy) is 1. The molecule has 1 aromatic rings. The van der Waals surface area contributed by atoms with Crippen LogP contribution >= 0.6 is 0 Å². The largest absolute Gasteiger partial charge is 0.380 e. The maximum Gasteiger partial charge on any atom is 0.251 e. The lowest BCUT2D eigenvalue weighted by molar-refractivity contribution is 0.0871. The molecule has 1 rings (SSSR count). The minimum Gasteiger partial charge on any atom is -0.380 e. The van der Waals surface area contributed by atoms with E-state index < -0.39 is 0 Å². The molecule has 1 atom stereocenters. The smallest absolute Gasteiger partial charge is 0.251 e. The van der Waals surface area contributed by atoms with Gasteiger partial charge in [0.1, 0.15) is 0 Å². The fourth-order valence-corrected chi connectivity index (χ4v) is 1.86. The number of amides is 1. The lowest BCUT2D eigenvalue weighted by Gasteiger charge is -2.15. The van der Waals surface area contributed by atoms with Crippen molar-refractivity contribution in [1.29, 1.82) is 0 Å². The van der Waals surface area contributed by atoms with E-state index in [-0.39, 0.29) is 11.9 Å². The van der Waals surface area contributed by atoms with E-state index in [1.807, 2.05) is 45.2 Å². The SMILES string of the molecule is CCOCC(C)NC(=O)c1ccccc1CCNC. The van der Waals surface area contributed by atoms with Crippen molar-refractivity contribution in [3.8, 4) is 0 Å². The molecule has 0 bridgehead atoms. The zero-order valence-corrected chi connectivity index (χ0v) is 12.0. The lowest BCUT2D eigenvalue weighted by atomic mass is 10.0. The molecule has 4 heteroatoms. The van der Waals surface area contributed by atoms with E-state index in [0.29, 0.717) is 13.2 Å². The third kappa shape index (κ3) is 5.41. The summed E-state index contributed by atoms with van der Waals surface area (Å²) < 4.78 is 5.30. The fraction of sp³-hybridized carbons (Fsp3) is 0.533. The van der Waals surface area contributed by atoms with Gasteiger partial charge < -0.3 is 15.4 Å². The molecule has 0 spiro atoms. The molecule has 0 aliphatic rings. The van der Waals surface area contributed by atoms with Crippen LogP contribution in [-0.4, -0.2) is 38.8 Å². The minimum absolute atomic E-state index is 0.0183. The van der Waals surface area contributed by atoms with Gasteiger partial charge in [-0.25, -0.2) is 0 Å². The summed E-state index contributed by atoms with van der Waals surface area (Å²) in [5.74, 6) is -0.0288. The second kappa shape index (κ2) is 8.67. The van der Waals surface area contributed by atoms with Crippen LogP contribution in [0.15, 0.2) is 24.3 Å². The van der Waals surface area contributed by atoms with E-state index in [0.717, 1.165) is 24.1 Å². The lowest BCUT2D eigenvalue weighted by Crippen LogP contribution is -2.36. The van der Waals surface area contributed by atoms with Gasteiger partial charge in [-0.15, -0.1) is 0 Å². The molecule has 19 heavy (non-hydrogen) atoms. The van der Waals surface area contributed by atoms with Gasteiger partial charge in [0.05, 0.1) is 6.61 Å². The molecule has 2 N–H and O–H groups in total.